The molecule has 0 atom stereocenters. The summed E-state index contributed by atoms with van der Waals surface area (Å²) in [5, 5.41) is 0.0963. The van der Waals surface area contributed by atoms with Gasteiger partial charge in [0, 0.05) is 0 Å². The molecule has 0 aromatic heterocycles. The van der Waals surface area contributed by atoms with Crippen molar-refractivity contribution in [2.75, 3.05) is 5.43 Å². The van der Waals surface area contributed by atoms with Gasteiger partial charge in [-0.15, -0.1) is 0 Å². The monoisotopic (exact) mass is 160 g/mol. The van der Waals surface area contributed by atoms with Crippen molar-refractivity contribution in [2.24, 2.45) is 5.84 Å². The van der Waals surface area contributed by atoms with Crippen molar-refractivity contribution >= 4 is 17.3 Å². The largest absolute Gasteiger partial charge is 0.324 e. The first-order valence-corrected chi connectivity index (χ1v) is 3.03. The van der Waals surface area contributed by atoms with Crippen molar-refractivity contribution in [3.05, 3.63) is 29.0 Å². The van der Waals surface area contributed by atoms with Crippen molar-refractivity contribution < 1.29 is 4.39 Å². The SMILES string of the molecule is NNc1ccc(Cl)c(F)c1. The fourth-order valence-corrected chi connectivity index (χ4v) is 0.703. The lowest BCUT2D eigenvalue weighted by Crippen LogP contribution is -2.06. The van der Waals surface area contributed by atoms with E-state index in [9.17, 15) is 4.39 Å². The molecule has 4 heteroatoms. The highest BCUT2D eigenvalue weighted by Gasteiger charge is 1.97. The third-order valence-electron chi connectivity index (χ3n) is 1.09. The molecular formula is C6H6ClFN2. The minimum absolute atomic E-state index is 0.0963. The molecule has 0 aliphatic heterocycles. The molecule has 3 N–H and O–H groups in total. The van der Waals surface area contributed by atoms with E-state index in [0.29, 0.717) is 5.69 Å². The maximum absolute atomic E-state index is 12.5. The van der Waals surface area contributed by atoms with Gasteiger partial charge in [-0.25, -0.2) is 4.39 Å². The number of hydrogen-bond donors (Lipinski definition) is 2. The minimum Gasteiger partial charge on any atom is -0.324 e. The third-order valence-corrected chi connectivity index (χ3v) is 1.39. The summed E-state index contributed by atoms with van der Waals surface area (Å²) >= 11 is 5.39. The Labute approximate surface area is 62.8 Å². The molecule has 1 rings (SSSR count). The topological polar surface area (TPSA) is 38.0 Å². The summed E-state index contributed by atoms with van der Waals surface area (Å²) in [6.45, 7) is 0. The molecule has 0 aliphatic carbocycles. The average Bonchev–Trinajstić information content (AvgIpc) is 1.95. The van der Waals surface area contributed by atoms with Crippen LogP contribution in [-0.2, 0) is 0 Å². The molecule has 1 aromatic carbocycles. The van der Waals surface area contributed by atoms with Gasteiger partial charge in [-0.1, -0.05) is 11.6 Å². The van der Waals surface area contributed by atoms with Crippen LogP contribution >= 0.6 is 11.6 Å². The minimum atomic E-state index is -0.475. The first-order chi connectivity index (χ1) is 4.74. The van der Waals surface area contributed by atoms with Crippen molar-refractivity contribution in [2.45, 2.75) is 0 Å². The van der Waals surface area contributed by atoms with E-state index in [2.05, 4.69) is 5.43 Å². The van der Waals surface area contributed by atoms with E-state index < -0.39 is 5.82 Å². The van der Waals surface area contributed by atoms with Crippen molar-refractivity contribution in [1.82, 2.24) is 0 Å². The van der Waals surface area contributed by atoms with E-state index in [1.54, 1.807) is 6.07 Å². The number of nitrogens with two attached hydrogens (primary N) is 1. The molecule has 0 bridgehead atoms. The van der Waals surface area contributed by atoms with Gasteiger partial charge in [0.1, 0.15) is 5.82 Å². The summed E-state index contributed by atoms with van der Waals surface area (Å²) in [4.78, 5) is 0. The number of hydrogen-bond acceptors (Lipinski definition) is 2. The second-order valence-electron chi connectivity index (χ2n) is 1.77. The van der Waals surface area contributed by atoms with Crippen LogP contribution in [0, 0.1) is 5.82 Å². The average molecular weight is 161 g/mol. The summed E-state index contributed by atoms with van der Waals surface area (Å²) in [6.07, 6.45) is 0. The molecule has 0 heterocycles. The molecule has 0 amide bonds. The van der Waals surface area contributed by atoms with E-state index in [1.165, 1.54) is 12.1 Å². The van der Waals surface area contributed by atoms with Crippen LogP contribution in [0.25, 0.3) is 0 Å². The molecule has 0 aliphatic rings. The lowest BCUT2D eigenvalue weighted by atomic mass is 10.3. The fourth-order valence-electron chi connectivity index (χ4n) is 0.586. The first-order valence-electron chi connectivity index (χ1n) is 2.65. The number of nitrogen functional groups attached to an aromatic ring is 1. The van der Waals surface area contributed by atoms with Crippen LogP contribution in [0.4, 0.5) is 10.1 Å². The highest BCUT2D eigenvalue weighted by Crippen LogP contribution is 2.17. The molecule has 1 aromatic rings. The number of rotatable bonds is 1. The van der Waals surface area contributed by atoms with Crippen LogP contribution < -0.4 is 11.3 Å². The van der Waals surface area contributed by atoms with Gasteiger partial charge in [0.2, 0.25) is 0 Å². The highest BCUT2D eigenvalue weighted by molar-refractivity contribution is 6.30. The summed E-state index contributed by atoms with van der Waals surface area (Å²) in [5.41, 5.74) is 2.80. The van der Waals surface area contributed by atoms with E-state index in [1.807, 2.05) is 0 Å². The maximum Gasteiger partial charge on any atom is 0.143 e. The van der Waals surface area contributed by atoms with Crippen LogP contribution in [0.15, 0.2) is 18.2 Å². The summed E-state index contributed by atoms with van der Waals surface area (Å²) in [6, 6.07) is 4.25. The van der Waals surface area contributed by atoms with Crippen LogP contribution in [0.5, 0.6) is 0 Å². The predicted octanol–water partition coefficient (Wildman–Crippen LogP) is 1.76. The van der Waals surface area contributed by atoms with Gasteiger partial charge in [0.15, 0.2) is 0 Å². The van der Waals surface area contributed by atoms with E-state index in [-0.39, 0.29) is 5.02 Å². The van der Waals surface area contributed by atoms with E-state index in [0.717, 1.165) is 0 Å². The Morgan fingerprint density at radius 3 is 2.70 bits per heavy atom. The van der Waals surface area contributed by atoms with Crippen LogP contribution in [0.1, 0.15) is 0 Å². The second kappa shape index (κ2) is 2.86. The Kier molecular flexibility index (Phi) is 2.09. The van der Waals surface area contributed by atoms with Crippen LogP contribution in [0.2, 0.25) is 5.02 Å². The normalized spacial score (nSPS) is 9.50. The molecular weight excluding hydrogens is 155 g/mol. The fraction of sp³-hybridized carbons (Fsp3) is 0. The molecule has 2 nitrogen and oxygen atoms in total. The molecule has 0 spiro atoms. The lowest BCUT2D eigenvalue weighted by Gasteiger charge is -1.98. The predicted molar refractivity (Wildman–Crippen MR) is 39.2 cm³/mol. The Balaban J connectivity index is 3.04. The summed E-state index contributed by atoms with van der Waals surface area (Å²) < 4.78 is 12.5. The Bertz CT molecular complexity index is 239. The maximum atomic E-state index is 12.5. The van der Waals surface area contributed by atoms with Gasteiger partial charge in [-0.3, -0.25) is 5.84 Å². The number of benzene rings is 1. The van der Waals surface area contributed by atoms with Gasteiger partial charge >= 0.3 is 0 Å². The van der Waals surface area contributed by atoms with Gasteiger partial charge < -0.3 is 5.43 Å². The van der Waals surface area contributed by atoms with Crippen LogP contribution in [0.3, 0.4) is 0 Å². The molecule has 0 unspecified atom stereocenters. The molecule has 54 valence electrons. The zero-order valence-electron chi connectivity index (χ0n) is 5.07. The number of nitrogens with one attached hydrogen (secondary N) is 1. The number of anilines is 1. The van der Waals surface area contributed by atoms with Gasteiger partial charge in [-0.05, 0) is 18.2 Å². The second-order valence-corrected chi connectivity index (χ2v) is 2.18. The summed E-state index contributed by atoms with van der Waals surface area (Å²) in [7, 11) is 0. The van der Waals surface area contributed by atoms with E-state index >= 15 is 0 Å². The van der Waals surface area contributed by atoms with Crippen molar-refractivity contribution in [3.8, 4) is 0 Å². The quantitative estimate of drug-likeness (QED) is 0.485. The highest BCUT2D eigenvalue weighted by atomic mass is 35.5. The number of hydrazine groups is 1. The molecule has 0 saturated heterocycles. The van der Waals surface area contributed by atoms with Gasteiger partial charge in [0.05, 0.1) is 10.7 Å². The Morgan fingerprint density at radius 1 is 1.50 bits per heavy atom. The lowest BCUT2D eigenvalue weighted by molar-refractivity contribution is 0.628. The van der Waals surface area contributed by atoms with E-state index in [4.69, 9.17) is 17.4 Å². The molecule has 0 saturated carbocycles. The standard InChI is InChI=1S/C6H6ClFN2/c7-5-2-1-4(10-9)3-6(5)8/h1-3,10H,9H2. The Morgan fingerprint density at radius 2 is 2.20 bits per heavy atom. The molecule has 0 fully saturated rings. The van der Waals surface area contributed by atoms with Crippen molar-refractivity contribution in [1.29, 1.82) is 0 Å². The smallest absolute Gasteiger partial charge is 0.143 e. The van der Waals surface area contributed by atoms with Crippen molar-refractivity contribution in [3.63, 3.8) is 0 Å². The molecule has 0 radical (unpaired) electrons. The first kappa shape index (κ1) is 7.31. The zero-order valence-corrected chi connectivity index (χ0v) is 5.82. The Hall–Kier alpha value is -0.800. The molecule has 10 heavy (non-hydrogen) atoms. The van der Waals surface area contributed by atoms with Gasteiger partial charge in [0.25, 0.3) is 0 Å². The number of halogens is 2. The van der Waals surface area contributed by atoms with Gasteiger partial charge in [-0.2, -0.15) is 0 Å². The third kappa shape index (κ3) is 1.37. The van der Waals surface area contributed by atoms with Crippen LogP contribution in [-0.4, -0.2) is 0 Å². The zero-order chi connectivity index (χ0) is 7.56. The summed E-state index contributed by atoms with van der Waals surface area (Å²) in [5.74, 6) is 4.53.